The summed E-state index contributed by atoms with van der Waals surface area (Å²) in [6.45, 7) is 0.588. The number of hydrogen-bond acceptors (Lipinski definition) is 6. The fourth-order valence-electron chi connectivity index (χ4n) is 1.95. The van der Waals surface area contributed by atoms with Crippen molar-refractivity contribution >= 4 is 29.0 Å². The van der Waals surface area contributed by atoms with Gasteiger partial charge < -0.3 is 9.32 Å². The Morgan fingerprint density at radius 2 is 2.04 bits per heavy atom. The Hall–Kier alpha value is -2.12. The van der Waals surface area contributed by atoms with Crippen molar-refractivity contribution in [1.29, 1.82) is 0 Å². The van der Waals surface area contributed by atoms with Crippen LogP contribution in [-0.2, 0) is 11.3 Å². The van der Waals surface area contributed by atoms with Crippen molar-refractivity contribution in [2.24, 2.45) is 0 Å². The Labute approximate surface area is 142 Å². The zero-order valence-corrected chi connectivity index (χ0v) is 14.1. The summed E-state index contributed by atoms with van der Waals surface area (Å²) in [6.07, 6.45) is 0. The summed E-state index contributed by atoms with van der Waals surface area (Å²) in [6, 6.07) is 13.7. The molecule has 1 amide bonds. The molecular weight excluding hydrogens is 330 g/mol. The molecule has 7 heteroatoms. The van der Waals surface area contributed by atoms with E-state index in [1.54, 1.807) is 11.9 Å². The molecule has 23 heavy (non-hydrogen) atoms. The largest absolute Gasteiger partial charge is 0.410 e. The second-order valence-corrected chi connectivity index (χ2v) is 6.75. The molecule has 0 radical (unpaired) electrons. The third-order valence-electron chi connectivity index (χ3n) is 3.15. The molecule has 0 aliphatic carbocycles. The van der Waals surface area contributed by atoms with Crippen LogP contribution in [0.4, 0.5) is 0 Å². The first-order valence-electron chi connectivity index (χ1n) is 7.00. The van der Waals surface area contributed by atoms with Gasteiger partial charge in [-0.3, -0.25) is 4.79 Å². The van der Waals surface area contributed by atoms with Crippen molar-refractivity contribution in [1.82, 2.24) is 15.1 Å². The van der Waals surface area contributed by atoms with E-state index in [0.29, 0.717) is 17.7 Å². The van der Waals surface area contributed by atoms with Gasteiger partial charge in [0.05, 0.1) is 10.6 Å². The van der Waals surface area contributed by atoms with Gasteiger partial charge >= 0.3 is 0 Å². The highest BCUT2D eigenvalue weighted by Gasteiger charge is 2.14. The minimum atomic E-state index is 0.0229. The Morgan fingerprint density at radius 1 is 1.22 bits per heavy atom. The molecule has 1 aromatic carbocycles. The predicted molar refractivity (Wildman–Crippen MR) is 91.3 cm³/mol. The van der Waals surface area contributed by atoms with E-state index in [4.69, 9.17) is 4.42 Å². The Kier molecular flexibility index (Phi) is 5.09. The molecule has 0 aliphatic rings. The molecule has 0 aliphatic heterocycles. The minimum absolute atomic E-state index is 0.0229. The minimum Gasteiger partial charge on any atom is -0.410 e. The van der Waals surface area contributed by atoms with Crippen LogP contribution in [0.25, 0.3) is 10.8 Å². The van der Waals surface area contributed by atoms with Crippen LogP contribution in [-0.4, -0.2) is 33.8 Å². The number of thioether (sulfide) groups is 1. The van der Waals surface area contributed by atoms with E-state index in [1.807, 2.05) is 47.8 Å². The molecule has 0 bridgehead atoms. The van der Waals surface area contributed by atoms with Crippen LogP contribution in [0.15, 0.2) is 57.5 Å². The van der Waals surface area contributed by atoms with Gasteiger partial charge in [-0.15, -0.1) is 21.5 Å². The maximum atomic E-state index is 12.2. The van der Waals surface area contributed by atoms with E-state index in [2.05, 4.69) is 10.2 Å². The molecule has 0 saturated carbocycles. The average Bonchev–Trinajstić information content (AvgIpc) is 3.24. The molecule has 0 spiro atoms. The van der Waals surface area contributed by atoms with Crippen molar-refractivity contribution in [3.63, 3.8) is 0 Å². The van der Waals surface area contributed by atoms with Gasteiger partial charge in [0.1, 0.15) is 0 Å². The van der Waals surface area contributed by atoms with Crippen molar-refractivity contribution < 1.29 is 9.21 Å². The van der Waals surface area contributed by atoms with Crippen LogP contribution in [0, 0.1) is 0 Å². The summed E-state index contributed by atoms with van der Waals surface area (Å²) in [5, 5.41) is 10.3. The number of hydrogen-bond donors (Lipinski definition) is 0. The summed E-state index contributed by atoms with van der Waals surface area (Å²) >= 11 is 2.80. The lowest BCUT2D eigenvalue weighted by Crippen LogP contribution is -2.27. The maximum Gasteiger partial charge on any atom is 0.277 e. The topological polar surface area (TPSA) is 59.2 Å². The van der Waals surface area contributed by atoms with Gasteiger partial charge in [0, 0.05) is 13.6 Å². The summed E-state index contributed by atoms with van der Waals surface area (Å²) in [7, 11) is 1.79. The molecule has 3 rings (SSSR count). The van der Waals surface area contributed by atoms with E-state index in [1.165, 1.54) is 23.1 Å². The van der Waals surface area contributed by atoms with Crippen molar-refractivity contribution in [3.8, 4) is 10.8 Å². The third-order valence-corrected chi connectivity index (χ3v) is 4.81. The van der Waals surface area contributed by atoms with E-state index in [9.17, 15) is 4.79 Å². The molecule has 2 aromatic heterocycles. The van der Waals surface area contributed by atoms with Crippen LogP contribution in [0.2, 0.25) is 0 Å². The normalized spacial score (nSPS) is 10.7. The Balaban J connectivity index is 1.52. The van der Waals surface area contributed by atoms with Crippen molar-refractivity contribution in [3.05, 3.63) is 53.4 Å². The van der Waals surface area contributed by atoms with E-state index in [0.717, 1.165) is 10.4 Å². The lowest BCUT2D eigenvalue weighted by atomic mass is 10.2. The number of carbonyl (C=O) groups is 1. The monoisotopic (exact) mass is 345 g/mol. The standard InChI is InChI=1S/C16H15N3O2S2/c1-19(10-12-6-3-2-4-7-12)14(20)11-23-16-18-17-15(21-16)13-8-5-9-22-13/h2-9H,10-11H2,1H3. The molecular formula is C16H15N3O2S2. The van der Waals surface area contributed by atoms with E-state index < -0.39 is 0 Å². The SMILES string of the molecule is CN(Cc1ccccc1)C(=O)CSc1nnc(-c2cccs2)o1. The number of thiophene rings is 1. The van der Waals surface area contributed by atoms with Crippen LogP contribution < -0.4 is 0 Å². The first kappa shape index (κ1) is 15.8. The second-order valence-electron chi connectivity index (χ2n) is 4.87. The van der Waals surface area contributed by atoms with Crippen molar-refractivity contribution in [2.75, 3.05) is 12.8 Å². The number of rotatable bonds is 6. The zero-order chi connectivity index (χ0) is 16.1. The fourth-order valence-corrected chi connectivity index (χ4v) is 3.29. The predicted octanol–water partition coefficient (Wildman–Crippen LogP) is 3.55. The van der Waals surface area contributed by atoms with Gasteiger partial charge in [-0.1, -0.05) is 48.2 Å². The van der Waals surface area contributed by atoms with E-state index >= 15 is 0 Å². The quantitative estimate of drug-likeness (QED) is 0.640. The third kappa shape index (κ3) is 4.20. The van der Waals surface area contributed by atoms with E-state index in [-0.39, 0.29) is 11.7 Å². The number of nitrogens with zero attached hydrogens (tertiary/aromatic N) is 3. The van der Waals surface area contributed by atoms with Crippen LogP contribution >= 0.6 is 23.1 Å². The average molecular weight is 345 g/mol. The first-order valence-corrected chi connectivity index (χ1v) is 8.87. The van der Waals surface area contributed by atoms with Gasteiger partial charge in [-0.25, -0.2) is 0 Å². The molecule has 5 nitrogen and oxygen atoms in total. The molecule has 0 saturated heterocycles. The summed E-state index contributed by atoms with van der Waals surface area (Å²) in [5.41, 5.74) is 1.10. The molecule has 118 valence electrons. The Morgan fingerprint density at radius 3 is 2.78 bits per heavy atom. The molecule has 0 atom stereocenters. The van der Waals surface area contributed by atoms with Gasteiger partial charge in [0.25, 0.3) is 11.1 Å². The highest BCUT2D eigenvalue weighted by atomic mass is 32.2. The van der Waals surface area contributed by atoms with Crippen LogP contribution in [0.5, 0.6) is 0 Å². The lowest BCUT2D eigenvalue weighted by Gasteiger charge is -2.16. The van der Waals surface area contributed by atoms with Crippen molar-refractivity contribution in [2.45, 2.75) is 11.8 Å². The Bertz CT molecular complexity index is 757. The van der Waals surface area contributed by atoms with Crippen LogP contribution in [0.1, 0.15) is 5.56 Å². The smallest absolute Gasteiger partial charge is 0.277 e. The van der Waals surface area contributed by atoms with Gasteiger partial charge in [0.2, 0.25) is 5.91 Å². The van der Waals surface area contributed by atoms with Crippen LogP contribution in [0.3, 0.4) is 0 Å². The number of aromatic nitrogens is 2. The second kappa shape index (κ2) is 7.43. The zero-order valence-electron chi connectivity index (χ0n) is 12.5. The highest BCUT2D eigenvalue weighted by Crippen LogP contribution is 2.26. The molecule has 3 aromatic rings. The first-order chi connectivity index (χ1) is 11.2. The fraction of sp³-hybridized carbons (Fsp3) is 0.188. The molecule has 0 fully saturated rings. The maximum absolute atomic E-state index is 12.2. The molecule has 2 heterocycles. The highest BCUT2D eigenvalue weighted by molar-refractivity contribution is 7.99. The molecule has 0 unspecified atom stereocenters. The summed E-state index contributed by atoms with van der Waals surface area (Å²) in [4.78, 5) is 14.8. The summed E-state index contributed by atoms with van der Waals surface area (Å²) in [5.74, 6) is 0.789. The van der Waals surface area contributed by atoms with Gasteiger partial charge in [-0.2, -0.15) is 0 Å². The summed E-state index contributed by atoms with van der Waals surface area (Å²) < 4.78 is 5.56. The number of carbonyl (C=O) groups excluding carboxylic acids is 1. The molecule has 0 N–H and O–H groups in total. The lowest BCUT2D eigenvalue weighted by molar-refractivity contribution is -0.127. The van der Waals surface area contributed by atoms with Gasteiger partial charge in [-0.05, 0) is 17.0 Å². The van der Waals surface area contributed by atoms with Gasteiger partial charge in [0.15, 0.2) is 0 Å². The number of benzene rings is 1. The number of amides is 1.